The maximum Gasteiger partial charge on any atom is 0.330 e. The minimum atomic E-state index is -1.18. The van der Waals surface area contributed by atoms with Gasteiger partial charge in [-0.3, -0.25) is 14.2 Å². The van der Waals surface area contributed by atoms with Gasteiger partial charge < -0.3 is 20.1 Å². The predicted molar refractivity (Wildman–Crippen MR) is 87.6 cm³/mol. The highest BCUT2D eigenvalue weighted by atomic mass is 32.1. The maximum atomic E-state index is 12.5. The molecule has 132 valence electrons. The first-order valence-corrected chi connectivity index (χ1v) is 8.25. The molecule has 1 aliphatic heterocycles. The number of aromatic nitrogens is 2. The van der Waals surface area contributed by atoms with E-state index in [2.05, 4.69) is 15.0 Å². The molecule has 9 nitrogen and oxygen atoms in total. The number of aliphatic hydroxyl groups excluding tert-OH is 1. The number of methoxy groups -OCH3 is 1. The number of esters is 1. The second kappa shape index (κ2) is 6.65. The van der Waals surface area contributed by atoms with Gasteiger partial charge in [0.15, 0.2) is 11.7 Å². The number of nitrogens with zero attached hydrogens (tertiary/aromatic N) is 3. The van der Waals surface area contributed by atoms with Crippen LogP contribution in [0.3, 0.4) is 0 Å². The second-order valence-electron chi connectivity index (χ2n) is 5.44. The lowest BCUT2D eigenvalue weighted by molar-refractivity contribution is -0.143. The van der Waals surface area contributed by atoms with Crippen LogP contribution in [0.5, 0.6) is 0 Å². The van der Waals surface area contributed by atoms with Crippen molar-refractivity contribution in [2.75, 3.05) is 20.8 Å². The van der Waals surface area contributed by atoms with E-state index in [4.69, 9.17) is 0 Å². The molecule has 2 amide bonds. The summed E-state index contributed by atoms with van der Waals surface area (Å²) in [6.07, 6.45) is 1.47. The Bertz CT molecular complexity index is 843. The van der Waals surface area contributed by atoms with Crippen molar-refractivity contribution in [3.8, 4) is 5.69 Å². The van der Waals surface area contributed by atoms with Crippen molar-refractivity contribution in [3.05, 3.63) is 34.0 Å². The van der Waals surface area contributed by atoms with Gasteiger partial charge in [0.25, 0.3) is 11.8 Å². The van der Waals surface area contributed by atoms with Crippen molar-refractivity contribution in [2.45, 2.75) is 12.6 Å². The topological polar surface area (TPSA) is 114 Å². The highest BCUT2D eigenvalue weighted by Gasteiger charge is 2.30. The molecule has 0 aliphatic carbocycles. The molecule has 3 rings (SSSR count). The average Bonchev–Trinajstić information content (AvgIpc) is 3.22. The molecule has 0 radical (unpaired) electrons. The predicted octanol–water partition coefficient (Wildman–Crippen LogP) is -0.217. The third-order valence-corrected chi connectivity index (χ3v) is 4.78. The number of hydrogen-bond acceptors (Lipinski definition) is 7. The van der Waals surface area contributed by atoms with Crippen molar-refractivity contribution in [3.63, 3.8) is 0 Å². The molecule has 10 heteroatoms. The first-order chi connectivity index (χ1) is 12.0. The van der Waals surface area contributed by atoms with Crippen LogP contribution in [-0.2, 0) is 16.1 Å². The number of amides is 2. The van der Waals surface area contributed by atoms with Gasteiger partial charge in [-0.2, -0.15) is 0 Å². The van der Waals surface area contributed by atoms with E-state index in [-0.39, 0.29) is 18.1 Å². The van der Waals surface area contributed by atoms with Crippen molar-refractivity contribution in [1.82, 2.24) is 19.8 Å². The Morgan fingerprint density at radius 3 is 2.96 bits per heavy atom. The Hall–Kier alpha value is -2.72. The van der Waals surface area contributed by atoms with E-state index in [1.165, 1.54) is 29.7 Å². The first-order valence-electron chi connectivity index (χ1n) is 7.37. The molecule has 2 N–H and O–H groups in total. The third kappa shape index (κ3) is 2.89. The van der Waals surface area contributed by atoms with Crippen LogP contribution in [0.1, 0.15) is 25.9 Å². The summed E-state index contributed by atoms with van der Waals surface area (Å²) in [5.41, 5.74) is 1.26. The van der Waals surface area contributed by atoms with Crippen molar-refractivity contribution < 1.29 is 24.2 Å². The molecule has 1 atom stereocenters. The van der Waals surface area contributed by atoms with Crippen molar-refractivity contribution in [2.24, 2.45) is 0 Å². The van der Waals surface area contributed by atoms with E-state index in [9.17, 15) is 19.5 Å². The zero-order chi connectivity index (χ0) is 18.1. The fraction of sp³-hybridized carbons (Fsp3) is 0.333. The zero-order valence-electron chi connectivity index (χ0n) is 13.6. The van der Waals surface area contributed by atoms with Crippen LogP contribution in [0, 0.1) is 0 Å². The van der Waals surface area contributed by atoms with E-state index in [0.29, 0.717) is 16.3 Å². The minimum Gasteiger partial charge on any atom is -0.467 e. The molecule has 0 spiro atoms. The number of nitrogens with one attached hydrogen (secondary N) is 1. The molecule has 0 bridgehead atoms. The summed E-state index contributed by atoms with van der Waals surface area (Å²) in [6, 6.07) is 0.603. The van der Waals surface area contributed by atoms with Crippen LogP contribution < -0.4 is 5.32 Å². The van der Waals surface area contributed by atoms with Crippen molar-refractivity contribution >= 4 is 29.1 Å². The van der Waals surface area contributed by atoms with Gasteiger partial charge in [0.05, 0.1) is 31.6 Å². The largest absolute Gasteiger partial charge is 0.467 e. The summed E-state index contributed by atoms with van der Waals surface area (Å²) in [6.45, 7) is -0.410. The molecule has 25 heavy (non-hydrogen) atoms. The summed E-state index contributed by atoms with van der Waals surface area (Å²) in [4.78, 5) is 42.7. The van der Waals surface area contributed by atoms with E-state index >= 15 is 0 Å². The number of carbonyl (C=O) groups is 3. The number of rotatable bonds is 4. The number of carbonyl (C=O) groups excluding carboxylic acids is 3. The summed E-state index contributed by atoms with van der Waals surface area (Å²) in [5, 5.41) is 13.4. The Labute approximate surface area is 146 Å². The summed E-state index contributed by atoms with van der Waals surface area (Å²) in [5.74, 6) is -1.52. The van der Waals surface area contributed by atoms with Gasteiger partial charge in [0.1, 0.15) is 11.2 Å². The van der Waals surface area contributed by atoms with Gasteiger partial charge in [0, 0.05) is 7.05 Å². The smallest absolute Gasteiger partial charge is 0.330 e. The van der Waals surface area contributed by atoms with E-state index in [0.717, 1.165) is 0 Å². The molecule has 0 aromatic carbocycles. The fourth-order valence-electron chi connectivity index (χ4n) is 2.59. The zero-order valence-corrected chi connectivity index (χ0v) is 14.4. The molecule has 2 aromatic rings. The van der Waals surface area contributed by atoms with Crippen molar-refractivity contribution in [1.29, 1.82) is 0 Å². The van der Waals surface area contributed by atoms with E-state index in [1.54, 1.807) is 23.1 Å². The number of thiophene rings is 1. The van der Waals surface area contributed by atoms with Gasteiger partial charge in [-0.15, -0.1) is 11.3 Å². The first kappa shape index (κ1) is 17.1. The van der Waals surface area contributed by atoms with Gasteiger partial charge in [-0.1, -0.05) is 0 Å². The Morgan fingerprint density at radius 2 is 2.28 bits per heavy atom. The van der Waals surface area contributed by atoms with Crippen LogP contribution in [-0.4, -0.2) is 64.1 Å². The molecule has 1 aliphatic rings. The number of hydrogen-bond donors (Lipinski definition) is 2. The van der Waals surface area contributed by atoms with Gasteiger partial charge in [0.2, 0.25) is 0 Å². The molecule has 0 fully saturated rings. The van der Waals surface area contributed by atoms with Gasteiger partial charge >= 0.3 is 5.97 Å². The molecule has 0 unspecified atom stereocenters. The lowest BCUT2D eigenvalue weighted by Crippen LogP contribution is -2.44. The lowest BCUT2D eigenvalue weighted by Gasteiger charge is -2.16. The van der Waals surface area contributed by atoms with Crippen LogP contribution in [0.2, 0.25) is 0 Å². The van der Waals surface area contributed by atoms with Crippen LogP contribution in [0.4, 0.5) is 0 Å². The lowest BCUT2D eigenvalue weighted by atomic mass is 10.2. The van der Waals surface area contributed by atoms with Crippen LogP contribution in [0.25, 0.3) is 5.69 Å². The second-order valence-corrected chi connectivity index (χ2v) is 6.35. The monoisotopic (exact) mass is 364 g/mol. The number of ether oxygens (including phenoxy) is 1. The summed E-state index contributed by atoms with van der Waals surface area (Å²) >= 11 is 1.32. The summed E-state index contributed by atoms with van der Waals surface area (Å²) < 4.78 is 6.22. The highest BCUT2D eigenvalue weighted by Crippen LogP contribution is 2.29. The van der Waals surface area contributed by atoms with Gasteiger partial charge in [-0.25, -0.2) is 9.78 Å². The Kier molecular flexibility index (Phi) is 4.55. The average molecular weight is 364 g/mol. The minimum absolute atomic E-state index is 0.0843. The molecule has 0 saturated carbocycles. The number of aliphatic hydroxyl groups is 1. The highest BCUT2D eigenvalue weighted by molar-refractivity contribution is 7.12. The summed E-state index contributed by atoms with van der Waals surface area (Å²) in [7, 11) is 2.81. The molecule has 3 heterocycles. The number of fused-ring (bicyclic) bond motifs is 3. The van der Waals surface area contributed by atoms with Crippen LogP contribution >= 0.6 is 11.3 Å². The molecular weight excluding hydrogens is 348 g/mol. The Morgan fingerprint density at radius 1 is 1.52 bits per heavy atom. The fourth-order valence-corrected chi connectivity index (χ4v) is 3.47. The Balaban J connectivity index is 1.96. The standard InChI is InChI=1S/C15H16N4O5S/c1-18-5-10-11(13(21)17-8(6-20)15(23)24-2)16-7-19(10)9-3-4-25-12(9)14(18)22/h3-4,7-8,20H,5-6H2,1-2H3,(H,17,21)/t8-/m0/s1. The molecular formula is C15H16N4O5S. The molecule has 2 aromatic heterocycles. The maximum absolute atomic E-state index is 12.5. The number of imidazole rings is 1. The van der Waals surface area contributed by atoms with E-state index in [1.807, 2.05) is 0 Å². The van der Waals surface area contributed by atoms with Gasteiger partial charge in [-0.05, 0) is 11.4 Å². The normalized spacial score (nSPS) is 14.4. The quantitative estimate of drug-likeness (QED) is 0.726. The SMILES string of the molecule is COC(=O)[C@H](CO)NC(=O)c1ncn2c1CN(C)C(=O)c1sccc1-2. The van der Waals surface area contributed by atoms with Crippen LogP contribution in [0.15, 0.2) is 17.8 Å². The third-order valence-electron chi connectivity index (χ3n) is 3.89. The van der Waals surface area contributed by atoms with E-state index < -0.39 is 24.5 Å². The molecule has 0 saturated heterocycles.